The molecule has 0 aliphatic carbocycles. The van der Waals surface area contributed by atoms with E-state index in [4.69, 9.17) is 14.2 Å². The van der Waals surface area contributed by atoms with E-state index in [1.54, 1.807) is 38.1 Å². The monoisotopic (exact) mass is 623 g/mol. The van der Waals surface area contributed by atoms with Crippen LogP contribution >= 0.6 is 0 Å². The molecule has 1 amide bonds. The Labute approximate surface area is 300 Å². The molecule has 3 aromatic carbocycles. The molecular weight excluding hydrogens is 591 g/mol. The van der Waals surface area contributed by atoms with Gasteiger partial charge in [-0.2, -0.15) is 0 Å². The quantitative estimate of drug-likeness (QED) is 0.177. The largest absolute Gasteiger partial charge is 1.00 e. The normalized spacial score (nSPS) is 18.8. The van der Waals surface area contributed by atoms with Crippen LogP contribution in [0, 0.1) is 5.82 Å². The van der Waals surface area contributed by atoms with Gasteiger partial charge >= 0.3 is 59.1 Å². The predicted molar refractivity (Wildman–Crippen MR) is 146 cm³/mol. The summed E-state index contributed by atoms with van der Waals surface area (Å²) in [5.74, 6) is -5.25. The molecule has 12 heteroatoms. The number of carboxylic acids is 2. The van der Waals surface area contributed by atoms with Gasteiger partial charge in [-0.1, -0.05) is 72.8 Å². The molecule has 3 aromatic rings. The molecule has 0 spiro atoms. The zero-order chi connectivity index (χ0) is 30.2. The number of amides is 1. The third-order valence-electron chi connectivity index (χ3n) is 7.32. The Morgan fingerprint density at radius 1 is 0.932 bits per heavy atom. The van der Waals surface area contributed by atoms with Gasteiger partial charge in [-0.3, -0.25) is 4.79 Å². The van der Waals surface area contributed by atoms with Crippen LogP contribution in [0.2, 0.25) is 0 Å². The summed E-state index contributed by atoms with van der Waals surface area (Å²) >= 11 is 0. The fourth-order valence-electron chi connectivity index (χ4n) is 5.21. The maximum Gasteiger partial charge on any atom is 1.00 e. The van der Waals surface area contributed by atoms with Gasteiger partial charge in [-0.15, -0.1) is 0 Å². The number of benzene rings is 3. The first-order chi connectivity index (χ1) is 20.2. The second kappa shape index (κ2) is 18.1. The Morgan fingerprint density at radius 3 is 2.11 bits per heavy atom. The van der Waals surface area contributed by atoms with Crippen LogP contribution in [-0.2, 0) is 35.0 Å². The molecule has 4 rings (SSSR count). The van der Waals surface area contributed by atoms with Crippen molar-refractivity contribution in [2.24, 2.45) is 0 Å². The van der Waals surface area contributed by atoms with Crippen molar-refractivity contribution in [3.63, 3.8) is 0 Å². The Morgan fingerprint density at radius 2 is 1.55 bits per heavy atom. The van der Waals surface area contributed by atoms with Crippen molar-refractivity contribution in [3.05, 3.63) is 95.8 Å². The van der Waals surface area contributed by atoms with Gasteiger partial charge in [-0.05, 0) is 49.4 Å². The predicted octanol–water partition coefficient (Wildman–Crippen LogP) is -3.96. The van der Waals surface area contributed by atoms with Crippen molar-refractivity contribution in [3.8, 4) is 11.1 Å². The summed E-state index contributed by atoms with van der Waals surface area (Å²) in [6.07, 6.45) is -2.58. The molecule has 0 aromatic heterocycles. The minimum absolute atomic E-state index is 0. The first-order valence-electron chi connectivity index (χ1n) is 13.7. The third kappa shape index (κ3) is 9.69. The van der Waals surface area contributed by atoms with Gasteiger partial charge in [0.1, 0.15) is 11.9 Å². The Hall–Kier alpha value is -2.12. The Kier molecular flexibility index (Phi) is 15.7. The number of aliphatic carboxylic acids is 2. The minimum Gasteiger partial charge on any atom is -0.548 e. The first kappa shape index (κ1) is 38.1. The summed E-state index contributed by atoms with van der Waals surface area (Å²) < 4.78 is 31.3. The molecule has 1 heterocycles. The van der Waals surface area contributed by atoms with Crippen LogP contribution in [0.1, 0.15) is 37.3 Å². The molecule has 0 radical (unpaired) electrons. The fourth-order valence-corrected chi connectivity index (χ4v) is 5.21. The van der Waals surface area contributed by atoms with E-state index < -0.39 is 60.9 Å². The van der Waals surface area contributed by atoms with Gasteiger partial charge in [0.05, 0.1) is 18.5 Å². The van der Waals surface area contributed by atoms with Crippen LogP contribution in [0.15, 0.2) is 78.9 Å². The van der Waals surface area contributed by atoms with Crippen molar-refractivity contribution < 1.29 is 102 Å². The molecule has 5 atom stereocenters. The molecule has 0 unspecified atom stereocenters. The van der Waals surface area contributed by atoms with Gasteiger partial charge in [0.25, 0.3) is 12.4 Å². The van der Waals surface area contributed by atoms with E-state index in [1.165, 1.54) is 6.07 Å². The Balaban J connectivity index is 0.00000337. The summed E-state index contributed by atoms with van der Waals surface area (Å²) in [6.45, 7) is 1.06. The van der Waals surface area contributed by atoms with Crippen molar-refractivity contribution in [2.45, 2.75) is 57.3 Å². The van der Waals surface area contributed by atoms with Crippen molar-refractivity contribution >= 4 is 17.8 Å². The van der Waals surface area contributed by atoms with Gasteiger partial charge in [0.15, 0.2) is 6.10 Å². The zero-order valence-corrected chi connectivity index (χ0v) is 29.3. The molecule has 1 saturated heterocycles. The number of carbonyl (C=O) groups is 3. The topological polar surface area (TPSA) is 128 Å². The smallest absolute Gasteiger partial charge is 0.548 e. The van der Waals surface area contributed by atoms with Crippen LogP contribution in [0.4, 0.5) is 4.39 Å². The van der Waals surface area contributed by atoms with E-state index in [0.29, 0.717) is 29.5 Å². The molecule has 0 N–H and O–H groups in total. The number of halogens is 1. The summed E-state index contributed by atoms with van der Waals surface area (Å²) in [6, 6.07) is 22.5. The van der Waals surface area contributed by atoms with Crippen LogP contribution in [-0.4, -0.2) is 60.6 Å². The maximum absolute atomic E-state index is 15.5. The summed E-state index contributed by atoms with van der Waals surface area (Å²) in [7, 11) is 0. The Bertz CT molecular complexity index is 1380. The average molecular weight is 624 g/mol. The number of carboxylic acid groups (broad SMARTS) is 2. The second-order valence-corrected chi connectivity index (χ2v) is 9.99. The average Bonchev–Trinajstić information content (AvgIpc) is 3.41. The van der Waals surface area contributed by atoms with Crippen LogP contribution < -0.4 is 69.3 Å². The van der Waals surface area contributed by atoms with E-state index in [-0.39, 0.29) is 65.7 Å². The van der Waals surface area contributed by atoms with Crippen molar-refractivity contribution in [1.29, 1.82) is 0 Å². The van der Waals surface area contributed by atoms with Gasteiger partial charge in [-0.25, -0.2) is 4.39 Å². The van der Waals surface area contributed by atoms with Gasteiger partial charge < -0.3 is 38.9 Å². The number of hydrogen-bond acceptors (Lipinski definition) is 8. The van der Waals surface area contributed by atoms with E-state index in [1.807, 2.05) is 48.5 Å². The molecule has 0 bridgehead atoms. The third-order valence-corrected chi connectivity index (χ3v) is 7.32. The van der Waals surface area contributed by atoms with Gasteiger partial charge in [0, 0.05) is 24.1 Å². The standard InChI is InChI=1S/C32H34FNO8.2Na/c1-3-40-32-41-28(29(42-32)31(38)39)30(37)34(19-27(35)36)20(2)24(16-14-21-10-6-4-7-11-21)23-15-17-25(26(33)18-23)22-12-8-5-9-13-22;;/h4-13,15,17-18,20,24,28-29,32H,3,14,16,19H2,1-2H3,(H,35,36)(H,38,39);;/q;2*+1/p-2/t20-,24+,28+,29+,32-;;/m1../s1. The van der Waals surface area contributed by atoms with Crippen molar-refractivity contribution in [2.75, 3.05) is 13.2 Å². The number of ether oxygens (including phenoxy) is 3. The summed E-state index contributed by atoms with van der Waals surface area (Å²) in [5.41, 5.74) is 2.63. The number of aryl methyl sites for hydroxylation is 1. The van der Waals surface area contributed by atoms with Crippen LogP contribution in [0.25, 0.3) is 11.1 Å². The summed E-state index contributed by atoms with van der Waals surface area (Å²) in [4.78, 5) is 38.3. The number of nitrogens with zero attached hydrogens (tertiary/aromatic N) is 1. The molecular formula is C32H32FNNa2O8. The first-order valence-corrected chi connectivity index (χ1v) is 13.7. The number of rotatable bonds is 13. The van der Waals surface area contributed by atoms with E-state index in [0.717, 1.165) is 10.5 Å². The number of hydrogen-bond donors (Lipinski definition) is 0. The van der Waals surface area contributed by atoms with Gasteiger partial charge in [0.2, 0.25) is 0 Å². The maximum atomic E-state index is 15.5. The molecule has 1 aliphatic heterocycles. The second-order valence-electron chi connectivity index (χ2n) is 9.99. The summed E-state index contributed by atoms with van der Waals surface area (Å²) in [5, 5.41) is 23.6. The number of carbonyl (C=O) groups excluding carboxylic acids is 3. The van der Waals surface area contributed by atoms with Crippen LogP contribution in [0.5, 0.6) is 0 Å². The van der Waals surface area contributed by atoms with E-state index >= 15 is 4.39 Å². The molecule has 0 saturated carbocycles. The zero-order valence-electron chi connectivity index (χ0n) is 25.3. The van der Waals surface area contributed by atoms with Crippen molar-refractivity contribution in [1.82, 2.24) is 4.90 Å². The molecule has 222 valence electrons. The minimum atomic E-state index is -1.82. The van der Waals surface area contributed by atoms with E-state index in [9.17, 15) is 24.6 Å². The fraction of sp³-hybridized carbons (Fsp3) is 0.344. The van der Waals surface area contributed by atoms with E-state index in [2.05, 4.69) is 0 Å². The molecule has 1 fully saturated rings. The molecule has 9 nitrogen and oxygen atoms in total. The van der Waals surface area contributed by atoms with Crippen LogP contribution in [0.3, 0.4) is 0 Å². The molecule has 44 heavy (non-hydrogen) atoms. The SMILES string of the molecule is CCO[C@H]1O[C@H](C(=O)[O-])[C@@H](C(=O)N(CC(=O)[O-])[C@H](C)[C@H](CCc2ccccc2)c2ccc(-c3ccccc3)c(F)c2)O1.[Na+].[Na+]. The molecule has 1 aliphatic rings.